The Bertz CT molecular complexity index is 652. The summed E-state index contributed by atoms with van der Waals surface area (Å²) in [6.45, 7) is 3.18. The van der Waals surface area contributed by atoms with Crippen LogP contribution in [-0.2, 0) is 6.18 Å². The van der Waals surface area contributed by atoms with Crippen molar-refractivity contribution in [1.82, 2.24) is 10.2 Å². The average Bonchev–Trinajstić information content (AvgIpc) is 3.03. The van der Waals surface area contributed by atoms with Gasteiger partial charge in [0.25, 0.3) is 0 Å². The predicted octanol–water partition coefficient (Wildman–Crippen LogP) is 4.41. The van der Waals surface area contributed by atoms with E-state index >= 15 is 0 Å². The van der Waals surface area contributed by atoms with Gasteiger partial charge in [-0.15, -0.1) is 11.3 Å². The lowest BCUT2D eigenvalue weighted by molar-refractivity contribution is -0.137. The lowest BCUT2D eigenvalue weighted by atomic mass is 10.00. The minimum absolute atomic E-state index is 0.244. The molecule has 2 nitrogen and oxygen atoms in total. The fourth-order valence-electron chi connectivity index (χ4n) is 2.85. The maximum Gasteiger partial charge on any atom is 0.416 e. The Morgan fingerprint density at radius 3 is 2.52 bits per heavy atom. The van der Waals surface area contributed by atoms with Crippen molar-refractivity contribution < 1.29 is 13.2 Å². The van der Waals surface area contributed by atoms with Crippen LogP contribution in [0.15, 0.2) is 35.7 Å². The van der Waals surface area contributed by atoms with Crippen molar-refractivity contribution in [1.29, 1.82) is 0 Å². The third-order valence-corrected chi connectivity index (χ3v) is 5.22. The zero-order valence-corrected chi connectivity index (χ0v) is 13.8. The highest BCUT2D eigenvalue weighted by molar-refractivity contribution is 7.10. The monoisotopic (exact) mass is 360 g/mol. The highest BCUT2D eigenvalue weighted by Crippen LogP contribution is 2.39. The molecular weight excluding hydrogens is 345 g/mol. The van der Waals surface area contributed by atoms with Gasteiger partial charge in [0.15, 0.2) is 0 Å². The Hall–Kier alpha value is -1.08. The molecule has 0 amide bonds. The molecule has 1 atom stereocenters. The number of thiophene rings is 1. The van der Waals surface area contributed by atoms with E-state index in [4.69, 9.17) is 11.6 Å². The molecule has 1 aliphatic heterocycles. The number of halogens is 4. The summed E-state index contributed by atoms with van der Waals surface area (Å²) in [6.07, 6.45) is -4.37. The Morgan fingerprint density at radius 2 is 1.91 bits per heavy atom. The van der Waals surface area contributed by atoms with Crippen molar-refractivity contribution in [2.45, 2.75) is 12.2 Å². The van der Waals surface area contributed by atoms with Gasteiger partial charge in [0.1, 0.15) is 0 Å². The molecule has 0 radical (unpaired) electrons. The maximum absolute atomic E-state index is 13.1. The number of hydrogen-bond acceptors (Lipinski definition) is 3. The van der Waals surface area contributed by atoms with Crippen LogP contribution in [0.2, 0.25) is 5.02 Å². The van der Waals surface area contributed by atoms with Gasteiger partial charge < -0.3 is 5.32 Å². The van der Waals surface area contributed by atoms with Gasteiger partial charge in [-0.2, -0.15) is 13.2 Å². The first-order valence-electron chi connectivity index (χ1n) is 7.31. The fraction of sp³-hybridized carbons (Fsp3) is 0.375. The highest BCUT2D eigenvalue weighted by atomic mass is 35.5. The van der Waals surface area contributed by atoms with Crippen LogP contribution in [0.25, 0.3) is 0 Å². The summed E-state index contributed by atoms with van der Waals surface area (Å²) < 4.78 is 39.3. The van der Waals surface area contributed by atoms with E-state index in [1.807, 2.05) is 17.5 Å². The third kappa shape index (κ3) is 3.71. The largest absolute Gasteiger partial charge is 0.416 e. The van der Waals surface area contributed by atoms with Gasteiger partial charge in [-0.05, 0) is 35.2 Å². The van der Waals surface area contributed by atoms with Gasteiger partial charge in [0, 0.05) is 36.1 Å². The molecule has 0 unspecified atom stereocenters. The first kappa shape index (κ1) is 16.8. The lowest BCUT2D eigenvalue weighted by Crippen LogP contribution is -2.45. The van der Waals surface area contributed by atoms with E-state index < -0.39 is 11.7 Å². The number of alkyl halides is 3. The number of benzene rings is 1. The van der Waals surface area contributed by atoms with Crippen LogP contribution in [0.1, 0.15) is 22.0 Å². The number of nitrogens with one attached hydrogen (secondary N) is 1. The van der Waals surface area contributed by atoms with Crippen molar-refractivity contribution in [2.75, 3.05) is 26.2 Å². The minimum Gasteiger partial charge on any atom is -0.314 e. The average molecular weight is 361 g/mol. The van der Waals surface area contributed by atoms with Gasteiger partial charge in [-0.3, -0.25) is 4.90 Å². The number of rotatable bonds is 3. The van der Waals surface area contributed by atoms with E-state index in [9.17, 15) is 13.2 Å². The van der Waals surface area contributed by atoms with E-state index in [1.165, 1.54) is 23.5 Å². The van der Waals surface area contributed by atoms with Crippen LogP contribution in [0.5, 0.6) is 0 Å². The van der Waals surface area contributed by atoms with E-state index in [-0.39, 0.29) is 6.04 Å². The zero-order chi connectivity index (χ0) is 16.4. The smallest absolute Gasteiger partial charge is 0.314 e. The van der Waals surface area contributed by atoms with Crippen molar-refractivity contribution in [3.63, 3.8) is 0 Å². The summed E-state index contributed by atoms with van der Waals surface area (Å²) in [5, 5.41) is 5.57. The molecule has 2 aromatic rings. The molecule has 23 heavy (non-hydrogen) atoms. The summed E-state index contributed by atoms with van der Waals surface area (Å²) in [4.78, 5) is 3.19. The van der Waals surface area contributed by atoms with E-state index in [0.29, 0.717) is 10.6 Å². The SMILES string of the molecule is FC(F)(F)c1ccc(Cl)c([C@H](c2cccs2)N2CCNCC2)c1. The Balaban J connectivity index is 2.06. The van der Waals surface area contributed by atoms with Crippen molar-refractivity contribution >= 4 is 22.9 Å². The molecule has 1 aliphatic rings. The summed E-state index contributed by atoms with van der Waals surface area (Å²) in [6, 6.07) is 7.20. The molecular formula is C16H16ClF3N2S. The van der Waals surface area contributed by atoms with Crippen LogP contribution in [-0.4, -0.2) is 31.1 Å². The molecule has 3 rings (SSSR count). The first-order chi connectivity index (χ1) is 11.0. The normalized spacial score (nSPS) is 18.1. The minimum atomic E-state index is -4.37. The van der Waals surface area contributed by atoms with Crippen LogP contribution < -0.4 is 5.32 Å². The maximum atomic E-state index is 13.1. The standard InChI is InChI=1S/C16H16ClF3N2S/c17-13-4-3-11(16(18,19)20)10-12(13)15(14-2-1-9-23-14)22-7-5-21-6-8-22/h1-4,9-10,15,21H,5-8H2/t15-/m1/s1. The van der Waals surface area contributed by atoms with E-state index in [0.717, 1.165) is 37.1 Å². The van der Waals surface area contributed by atoms with Gasteiger partial charge in [0.2, 0.25) is 0 Å². The summed E-state index contributed by atoms with van der Waals surface area (Å²) >= 11 is 7.81. The molecule has 0 aliphatic carbocycles. The van der Waals surface area contributed by atoms with E-state index in [2.05, 4.69) is 10.2 Å². The zero-order valence-electron chi connectivity index (χ0n) is 12.2. The quantitative estimate of drug-likeness (QED) is 0.872. The topological polar surface area (TPSA) is 15.3 Å². The summed E-state index contributed by atoms with van der Waals surface area (Å²) in [7, 11) is 0. The highest BCUT2D eigenvalue weighted by Gasteiger charge is 2.33. The third-order valence-electron chi connectivity index (χ3n) is 3.95. The molecule has 1 saturated heterocycles. The van der Waals surface area contributed by atoms with E-state index in [1.54, 1.807) is 0 Å². The van der Waals surface area contributed by atoms with Crippen LogP contribution >= 0.6 is 22.9 Å². The second-order valence-corrected chi connectivity index (χ2v) is 6.82. The molecule has 1 aromatic carbocycles. The molecule has 2 heterocycles. The molecule has 7 heteroatoms. The van der Waals surface area contributed by atoms with Gasteiger partial charge in [-0.1, -0.05) is 17.7 Å². The predicted molar refractivity (Wildman–Crippen MR) is 87.1 cm³/mol. The Labute approximate surface area is 141 Å². The number of piperazine rings is 1. The summed E-state index contributed by atoms with van der Waals surface area (Å²) in [5.41, 5.74) is -0.139. The van der Waals surface area contributed by atoms with Crippen molar-refractivity contribution in [3.8, 4) is 0 Å². The van der Waals surface area contributed by atoms with Gasteiger partial charge in [-0.25, -0.2) is 0 Å². The molecule has 0 bridgehead atoms. The first-order valence-corrected chi connectivity index (χ1v) is 8.57. The molecule has 0 saturated carbocycles. The number of hydrogen-bond donors (Lipinski definition) is 1. The van der Waals surface area contributed by atoms with Crippen LogP contribution in [0.4, 0.5) is 13.2 Å². The van der Waals surface area contributed by atoms with Crippen LogP contribution in [0, 0.1) is 0 Å². The van der Waals surface area contributed by atoms with Crippen molar-refractivity contribution in [3.05, 3.63) is 56.7 Å². The van der Waals surface area contributed by atoms with Crippen molar-refractivity contribution in [2.24, 2.45) is 0 Å². The Kier molecular flexibility index (Phi) is 4.96. The molecule has 1 N–H and O–H groups in total. The van der Waals surface area contributed by atoms with Gasteiger partial charge in [0.05, 0.1) is 11.6 Å². The molecule has 1 aromatic heterocycles. The second kappa shape index (κ2) is 6.81. The molecule has 124 valence electrons. The van der Waals surface area contributed by atoms with Crippen LogP contribution in [0.3, 0.4) is 0 Å². The Morgan fingerprint density at radius 1 is 1.17 bits per heavy atom. The van der Waals surface area contributed by atoms with Gasteiger partial charge >= 0.3 is 6.18 Å². The lowest BCUT2D eigenvalue weighted by Gasteiger charge is -2.35. The number of nitrogens with zero attached hydrogens (tertiary/aromatic N) is 1. The second-order valence-electron chi connectivity index (χ2n) is 5.44. The molecule has 0 spiro atoms. The summed E-state index contributed by atoms with van der Waals surface area (Å²) in [5.74, 6) is 0. The fourth-order valence-corrected chi connectivity index (χ4v) is 3.94. The molecule has 1 fully saturated rings.